The zero-order chi connectivity index (χ0) is 17.8. The number of rotatable bonds is 3. The van der Waals surface area contributed by atoms with Crippen LogP contribution in [0, 0.1) is 0 Å². The zero-order valence-electron chi connectivity index (χ0n) is 16.3. The van der Waals surface area contributed by atoms with Gasteiger partial charge in [-0.15, -0.1) is 0 Å². The van der Waals surface area contributed by atoms with E-state index in [-0.39, 0.29) is 9.90 Å². The fraction of sp³-hybridized carbons (Fsp3) is 0.429. The van der Waals surface area contributed by atoms with Gasteiger partial charge in [-0.05, 0) is 35.1 Å². The highest BCUT2D eigenvalue weighted by atomic mass is 31.0. The molecule has 24 heavy (non-hydrogen) atoms. The van der Waals surface area contributed by atoms with Gasteiger partial charge in [0, 0.05) is 0 Å². The largest absolute Gasteiger partial charge is 0.508 e. The van der Waals surface area contributed by atoms with Crippen LogP contribution in [0.3, 0.4) is 0 Å². The fourth-order valence-corrected chi connectivity index (χ4v) is 2.12. The van der Waals surface area contributed by atoms with Gasteiger partial charge in [0.1, 0.15) is 11.5 Å². The quantitative estimate of drug-likeness (QED) is 0.647. The standard InChI is InChI=1S/C10H14O.C9H12O.C2H6.H3P/c1-8(2)9-6-4-5-7-10(9)11-3;1-7(2)8-5-3-4-6-9(8)10;1-2;/h4-8H,1-3H3;3-7,10H,1-2H3;1-2H3;1H3. The molecule has 2 nitrogen and oxygen atoms in total. The lowest BCUT2D eigenvalue weighted by Gasteiger charge is -2.10. The second kappa shape index (κ2) is 13.9. The highest BCUT2D eigenvalue weighted by Gasteiger charge is 2.04. The van der Waals surface area contributed by atoms with Gasteiger partial charge in [-0.3, -0.25) is 0 Å². The third-order valence-electron chi connectivity index (χ3n) is 3.32. The van der Waals surface area contributed by atoms with Crippen LogP contribution in [-0.2, 0) is 0 Å². The number of para-hydroxylation sites is 2. The summed E-state index contributed by atoms with van der Waals surface area (Å²) in [5.74, 6) is 2.33. The van der Waals surface area contributed by atoms with E-state index < -0.39 is 0 Å². The van der Waals surface area contributed by atoms with E-state index in [1.54, 1.807) is 13.2 Å². The molecule has 0 spiro atoms. The fourth-order valence-electron chi connectivity index (χ4n) is 2.12. The molecule has 3 heteroatoms. The molecule has 0 aliphatic rings. The van der Waals surface area contributed by atoms with Crippen molar-refractivity contribution < 1.29 is 9.84 Å². The van der Waals surface area contributed by atoms with E-state index in [4.69, 9.17) is 4.74 Å². The number of phenols is 1. The Kier molecular flexibility index (Phi) is 14.3. The third-order valence-corrected chi connectivity index (χ3v) is 3.32. The summed E-state index contributed by atoms with van der Waals surface area (Å²) in [5, 5.41) is 9.28. The van der Waals surface area contributed by atoms with Crippen LogP contribution in [0.25, 0.3) is 0 Å². The molecule has 2 aromatic carbocycles. The molecule has 0 bridgehead atoms. The van der Waals surface area contributed by atoms with Crippen molar-refractivity contribution in [2.75, 3.05) is 7.11 Å². The van der Waals surface area contributed by atoms with E-state index in [0.29, 0.717) is 17.6 Å². The average molecular weight is 350 g/mol. The topological polar surface area (TPSA) is 29.5 Å². The Balaban J connectivity index is 0. The maximum Gasteiger partial charge on any atom is 0.122 e. The Morgan fingerprint density at radius 3 is 1.50 bits per heavy atom. The van der Waals surface area contributed by atoms with Gasteiger partial charge in [0.15, 0.2) is 0 Å². The SMILES string of the molecule is CC.CC(C)c1ccccc1O.COc1ccccc1C(C)C.P. The molecule has 2 aromatic rings. The number of methoxy groups -OCH3 is 1. The minimum Gasteiger partial charge on any atom is -0.508 e. The molecular formula is C21H35O2P. The van der Waals surface area contributed by atoms with E-state index in [1.807, 2.05) is 50.2 Å². The molecule has 0 aliphatic heterocycles. The molecule has 2 rings (SSSR count). The number of aromatic hydroxyl groups is 1. The molecule has 0 aromatic heterocycles. The second-order valence-electron chi connectivity index (χ2n) is 5.61. The third kappa shape index (κ3) is 8.36. The highest BCUT2D eigenvalue weighted by molar-refractivity contribution is 6.92. The lowest BCUT2D eigenvalue weighted by molar-refractivity contribution is 0.407. The van der Waals surface area contributed by atoms with Crippen molar-refractivity contribution in [3.8, 4) is 11.5 Å². The molecule has 0 amide bonds. The lowest BCUT2D eigenvalue weighted by Crippen LogP contribution is -1.92. The Morgan fingerprint density at radius 1 is 0.750 bits per heavy atom. The number of ether oxygens (including phenoxy) is 1. The number of hydrogen-bond acceptors (Lipinski definition) is 2. The van der Waals surface area contributed by atoms with Crippen LogP contribution in [-0.4, -0.2) is 12.2 Å². The van der Waals surface area contributed by atoms with Crippen molar-refractivity contribution in [1.29, 1.82) is 0 Å². The van der Waals surface area contributed by atoms with Gasteiger partial charge in [0.2, 0.25) is 0 Å². The molecule has 1 atom stereocenters. The van der Waals surface area contributed by atoms with Gasteiger partial charge in [-0.25, -0.2) is 0 Å². The first kappa shape index (κ1) is 24.7. The maximum atomic E-state index is 9.28. The Labute approximate surface area is 151 Å². The number of phenolic OH excluding ortho intramolecular Hbond substituents is 1. The van der Waals surface area contributed by atoms with Crippen LogP contribution in [0.2, 0.25) is 0 Å². The van der Waals surface area contributed by atoms with Crippen LogP contribution in [0.5, 0.6) is 11.5 Å². The van der Waals surface area contributed by atoms with Crippen molar-refractivity contribution in [2.45, 2.75) is 53.4 Å². The van der Waals surface area contributed by atoms with Gasteiger partial charge in [-0.1, -0.05) is 77.9 Å². The van der Waals surface area contributed by atoms with E-state index in [0.717, 1.165) is 11.3 Å². The van der Waals surface area contributed by atoms with E-state index in [2.05, 4.69) is 33.8 Å². The van der Waals surface area contributed by atoms with Crippen LogP contribution in [0.15, 0.2) is 48.5 Å². The number of benzene rings is 2. The first-order chi connectivity index (χ1) is 11.0. The van der Waals surface area contributed by atoms with Crippen LogP contribution in [0.4, 0.5) is 0 Å². The molecule has 0 heterocycles. The van der Waals surface area contributed by atoms with Gasteiger partial charge < -0.3 is 9.84 Å². The van der Waals surface area contributed by atoms with Crippen LogP contribution in [0.1, 0.15) is 64.5 Å². The van der Waals surface area contributed by atoms with Crippen LogP contribution < -0.4 is 4.74 Å². The van der Waals surface area contributed by atoms with Crippen LogP contribution >= 0.6 is 9.90 Å². The summed E-state index contributed by atoms with van der Waals surface area (Å²) in [7, 11) is 1.71. The molecule has 0 radical (unpaired) electrons. The van der Waals surface area contributed by atoms with E-state index in [9.17, 15) is 5.11 Å². The molecule has 1 N–H and O–H groups in total. The van der Waals surface area contributed by atoms with Crippen molar-refractivity contribution in [3.05, 3.63) is 59.7 Å². The number of hydrogen-bond donors (Lipinski definition) is 1. The summed E-state index contributed by atoms with van der Waals surface area (Å²) >= 11 is 0. The highest BCUT2D eigenvalue weighted by Crippen LogP contribution is 2.25. The molecule has 0 saturated heterocycles. The summed E-state index contributed by atoms with van der Waals surface area (Å²) in [4.78, 5) is 0. The Morgan fingerprint density at radius 2 is 1.17 bits per heavy atom. The second-order valence-corrected chi connectivity index (χ2v) is 5.61. The summed E-state index contributed by atoms with van der Waals surface area (Å²) in [6, 6.07) is 15.6. The molecular weight excluding hydrogens is 315 g/mol. The summed E-state index contributed by atoms with van der Waals surface area (Å²) in [6.07, 6.45) is 0. The van der Waals surface area contributed by atoms with Gasteiger partial charge in [-0.2, -0.15) is 9.90 Å². The summed E-state index contributed by atoms with van der Waals surface area (Å²) in [6.45, 7) is 12.5. The van der Waals surface area contributed by atoms with Crippen molar-refractivity contribution >= 4 is 9.90 Å². The van der Waals surface area contributed by atoms with Crippen molar-refractivity contribution in [3.63, 3.8) is 0 Å². The predicted molar refractivity (Wildman–Crippen MR) is 112 cm³/mol. The zero-order valence-corrected chi connectivity index (χ0v) is 17.8. The average Bonchev–Trinajstić information content (AvgIpc) is 2.57. The first-order valence-corrected chi connectivity index (χ1v) is 8.38. The van der Waals surface area contributed by atoms with Gasteiger partial charge in [0.05, 0.1) is 7.11 Å². The van der Waals surface area contributed by atoms with E-state index in [1.165, 1.54) is 5.56 Å². The van der Waals surface area contributed by atoms with Crippen molar-refractivity contribution in [1.82, 2.24) is 0 Å². The van der Waals surface area contributed by atoms with Crippen molar-refractivity contribution in [2.24, 2.45) is 0 Å². The molecule has 0 aliphatic carbocycles. The summed E-state index contributed by atoms with van der Waals surface area (Å²) in [5.41, 5.74) is 2.29. The minimum absolute atomic E-state index is 0. The molecule has 0 saturated carbocycles. The predicted octanol–water partition coefficient (Wildman–Crippen LogP) is 6.42. The maximum absolute atomic E-state index is 9.28. The molecule has 0 fully saturated rings. The Hall–Kier alpha value is -1.53. The Bertz CT molecular complexity index is 551. The lowest BCUT2D eigenvalue weighted by atomic mass is 10.0. The van der Waals surface area contributed by atoms with Gasteiger partial charge in [0.25, 0.3) is 0 Å². The van der Waals surface area contributed by atoms with E-state index >= 15 is 0 Å². The van der Waals surface area contributed by atoms with Gasteiger partial charge >= 0.3 is 0 Å². The molecule has 1 unspecified atom stereocenters. The molecule has 136 valence electrons. The smallest absolute Gasteiger partial charge is 0.122 e. The monoisotopic (exact) mass is 350 g/mol. The summed E-state index contributed by atoms with van der Waals surface area (Å²) < 4.78 is 5.21. The minimum atomic E-state index is 0. The normalized spacial score (nSPS) is 9.21. The first-order valence-electron chi connectivity index (χ1n) is 8.38.